The van der Waals surface area contributed by atoms with Crippen molar-refractivity contribution in [2.24, 2.45) is 11.7 Å². The second-order valence-electron chi connectivity index (χ2n) is 4.08. The molecule has 2 heteroatoms. The van der Waals surface area contributed by atoms with Crippen LogP contribution in [0.15, 0.2) is 12.2 Å². The average Bonchev–Trinajstić information content (AvgIpc) is 2.21. The van der Waals surface area contributed by atoms with Gasteiger partial charge in [-0.2, -0.15) is 0 Å². The van der Waals surface area contributed by atoms with E-state index in [0.717, 1.165) is 38.5 Å². The summed E-state index contributed by atoms with van der Waals surface area (Å²) in [5, 5.41) is 0. The van der Waals surface area contributed by atoms with E-state index in [1.165, 1.54) is 6.42 Å². The Labute approximate surface area is 93.9 Å². The third-order valence-corrected chi connectivity index (χ3v) is 2.58. The number of unbranched alkanes of at least 4 members (excludes halogenated alkanes) is 2. The summed E-state index contributed by atoms with van der Waals surface area (Å²) in [7, 11) is 0. The zero-order chi connectivity index (χ0) is 11.5. The molecule has 0 aliphatic rings. The Morgan fingerprint density at radius 2 is 1.80 bits per heavy atom. The molecule has 2 nitrogen and oxygen atoms in total. The summed E-state index contributed by atoms with van der Waals surface area (Å²) in [6.45, 7) is 4.27. The van der Waals surface area contributed by atoms with Gasteiger partial charge in [0, 0.05) is 5.92 Å². The van der Waals surface area contributed by atoms with Crippen molar-refractivity contribution in [3.63, 3.8) is 0 Å². The van der Waals surface area contributed by atoms with Crippen molar-refractivity contribution in [1.29, 1.82) is 0 Å². The van der Waals surface area contributed by atoms with E-state index in [0.29, 0.717) is 0 Å². The number of carbonyl (C=O) groups is 1. The molecule has 0 aliphatic carbocycles. The fourth-order valence-corrected chi connectivity index (χ4v) is 1.66. The zero-order valence-corrected chi connectivity index (χ0v) is 10.2. The summed E-state index contributed by atoms with van der Waals surface area (Å²) in [5.41, 5.74) is 5.33. The van der Waals surface area contributed by atoms with Crippen molar-refractivity contribution in [2.45, 2.75) is 58.8 Å². The summed E-state index contributed by atoms with van der Waals surface area (Å²) < 4.78 is 0. The zero-order valence-electron chi connectivity index (χ0n) is 10.2. The number of rotatable bonds is 9. The van der Waals surface area contributed by atoms with Gasteiger partial charge in [-0.3, -0.25) is 4.79 Å². The molecule has 0 fully saturated rings. The van der Waals surface area contributed by atoms with Crippen LogP contribution in [-0.4, -0.2) is 5.91 Å². The Morgan fingerprint density at radius 1 is 1.13 bits per heavy atom. The highest BCUT2D eigenvalue weighted by molar-refractivity contribution is 5.76. The van der Waals surface area contributed by atoms with E-state index < -0.39 is 0 Å². The van der Waals surface area contributed by atoms with Gasteiger partial charge in [0.25, 0.3) is 0 Å². The molecule has 0 aromatic heterocycles. The van der Waals surface area contributed by atoms with Gasteiger partial charge in [0.2, 0.25) is 5.91 Å². The molecule has 1 atom stereocenters. The Morgan fingerprint density at radius 3 is 2.33 bits per heavy atom. The molecule has 0 spiro atoms. The quantitative estimate of drug-likeness (QED) is 0.461. The first-order valence-corrected chi connectivity index (χ1v) is 6.16. The van der Waals surface area contributed by atoms with Gasteiger partial charge < -0.3 is 5.73 Å². The standard InChI is InChI=1S/C13H25NO/c1-3-5-6-7-8-9-11-12(10-4-2)13(14)15/h6-7,12H,3-5,8-11H2,1-2H3,(H2,14,15). The van der Waals surface area contributed by atoms with Crippen LogP contribution in [0.25, 0.3) is 0 Å². The summed E-state index contributed by atoms with van der Waals surface area (Å²) in [5.74, 6) is -0.0380. The van der Waals surface area contributed by atoms with E-state index in [2.05, 4.69) is 26.0 Å². The highest BCUT2D eigenvalue weighted by Crippen LogP contribution is 2.14. The van der Waals surface area contributed by atoms with Crippen molar-refractivity contribution >= 4 is 5.91 Å². The van der Waals surface area contributed by atoms with Crippen molar-refractivity contribution in [2.75, 3.05) is 0 Å². The van der Waals surface area contributed by atoms with Gasteiger partial charge in [-0.15, -0.1) is 0 Å². The highest BCUT2D eigenvalue weighted by atomic mass is 16.1. The van der Waals surface area contributed by atoms with Crippen LogP contribution in [-0.2, 0) is 4.79 Å². The summed E-state index contributed by atoms with van der Waals surface area (Å²) in [4.78, 5) is 11.1. The highest BCUT2D eigenvalue weighted by Gasteiger charge is 2.12. The van der Waals surface area contributed by atoms with Crippen molar-refractivity contribution in [1.82, 2.24) is 0 Å². The summed E-state index contributed by atoms with van der Waals surface area (Å²) >= 11 is 0. The molecule has 0 aliphatic heterocycles. The van der Waals surface area contributed by atoms with Crippen LogP contribution >= 0.6 is 0 Å². The Hall–Kier alpha value is -0.790. The third-order valence-electron chi connectivity index (χ3n) is 2.58. The molecule has 0 aromatic carbocycles. The number of allylic oxidation sites excluding steroid dienone is 2. The number of hydrogen-bond acceptors (Lipinski definition) is 1. The average molecular weight is 211 g/mol. The molecule has 1 amide bonds. The predicted octanol–water partition coefficient (Wildman–Crippen LogP) is 3.41. The normalized spacial score (nSPS) is 13.2. The minimum atomic E-state index is -0.130. The first kappa shape index (κ1) is 14.2. The van der Waals surface area contributed by atoms with E-state index >= 15 is 0 Å². The summed E-state index contributed by atoms with van der Waals surface area (Å²) in [6.07, 6.45) is 11.9. The van der Waals surface area contributed by atoms with Gasteiger partial charge in [0.05, 0.1) is 0 Å². The van der Waals surface area contributed by atoms with Crippen LogP contribution in [0.1, 0.15) is 58.8 Å². The predicted molar refractivity (Wildman–Crippen MR) is 65.5 cm³/mol. The molecule has 0 aromatic rings. The van der Waals surface area contributed by atoms with Crippen molar-refractivity contribution in [3.05, 3.63) is 12.2 Å². The van der Waals surface area contributed by atoms with Crippen LogP contribution in [0, 0.1) is 5.92 Å². The van der Waals surface area contributed by atoms with Gasteiger partial charge in [0.1, 0.15) is 0 Å². The lowest BCUT2D eigenvalue weighted by Gasteiger charge is -2.10. The maximum absolute atomic E-state index is 11.1. The number of carbonyl (C=O) groups excluding carboxylic acids is 1. The Balaban J connectivity index is 3.57. The number of primary amides is 1. The smallest absolute Gasteiger partial charge is 0.220 e. The van der Waals surface area contributed by atoms with Crippen molar-refractivity contribution < 1.29 is 4.79 Å². The molecular weight excluding hydrogens is 186 g/mol. The molecule has 0 bridgehead atoms. The lowest BCUT2D eigenvalue weighted by atomic mass is 9.96. The van der Waals surface area contributed by atoms with Crippen LogP contribution in [0.4, 0.5) is 0 Å². The van der Waals surface area contributed by atoms with Gasteiger partial charge in [0.15, 0.2) is 0 Å². The SMILES string of the molecule is CCCC=CCCCC(CCC)C(N)=O. The topological polar surface area (TPSA) is 43.1 Å². The fourth-order valence-electron chi connectivity index (χ4n) is 1.66. The molecular formula is C13H25NO. The molecule has 88 valence electrons. The van der Waals surface area contributed by atoms with Gasteiger partial charge in [-0.05, 0) is 32.1 Å². The van der Waals surface area contributed by atoms with E-state index in [-0.39, 0.29) is 11.8 Å². The first-order valence-electron chi connectivity index (χ1n) is 6.16. The van der Waals surface area contributed by atoms with Crippen LogP contribution in [0.2, 0.25) is 0 Å². The Kier molecular flexibility index (Phi) is 9.24. The lowest BCUT2D eigenvalue weighted by Crippen LogP contribution is -2.22. The molecule has 1 unspecified atom stereocenters. The van der Waals surface area contributed by atoms with Crippen LogP contribution in [0.3, 0.4) is 0 Å². The molecule has 2 N–H and O–H groups in total. The Bertz CT molecular complexity index is 187. The van der Waals surface area contributed by atoms with E-state index in [9.17, 15) is 4.79 Å². The number of nitrogens with two attached hydrogens (primary N) is 1. The van der Waals surface area contributed by atoms with E-state index in [1.54, 1.807) is 0 Å². The molecule has 0 heterocycles. The molecule has 0 saturated heterocycles. The number of amides is 1. The second kappa shape index (κ2) is 9.75. The van der Waals surface area contributed by atoms with Gasteiger partial charge in [-0.1, -0.05) is 38.8 Å². The third kappa shape index (κ3) is 8.22. The first-order chi connectivity index (χ1) is 7.22. The van der Waals surface area contributed by atoms with Crippen LogP contribution in [0.5, 0.6) is 0 Å². The maximum Gasteiger partial charge on any atom is 0.220 e. The van der Waals surface area contributed by atoms with Gasteiger partial charge >= 0.3 is 0 Å². The second-order valence-corrected chi connectivity index (χ2v) is 4.08. The maximum atomic E-state index is 11.1. The summed E-state index contributed by atoms with van der Waals surface area (Å²) in [6, 6.07) is 0. The fraction of sp³-hybridized carbons (Fsp3) is 0.769. The molecule has 0 saturated carbocycles. The lowest BCUT2D eigenvalue weighted by molar-refractivity contribution is -0.122. The van der Waals surface area contributed by atoms with E-state index in [1.807, 2.05) is 0 Å². The molecule has 0 rings (SSSR count). The molecule has 0 radical (unpaired) electrons. The van der Waals surface area contributed by atoms with Gasteiger partial charge in [-0.25, -0.2) is 0 Å². The minimum Gasteiger partial charge on any atom is -0.369 e. The van der Waals surface area contributed by atoms with Crippen molar-refractivity contribution in [3.8, 4) is 0 Å². The monoisotopic (exact) mass is 211 g/mol. The number of hydrogen-bond donors (Lipinski definition) is 1. The minimum absolute atomic E-state index is 0.0922. The van der Waals surface area contributed by atoms with Crippen LogP contribution < -0.4 is 5.73 Å². The molecule has 15 heavy (non-hydrogen) atoms. The van der Waals surface area contributed by atoms with E-state index in [4.69, 9.17) is 5.73 Å². The largest absolute Gasteiger partial charge is 0.369 e.